The number of anilines is 1. The van der Waals surface area contributed by atoms with E-state index < -0.39 is 0 Å². The molecule has 3 aromatic rings. The zero-order valence-electron chi connectivity index (χ0n) is 14.4. The summed E-state index contributed by atoms with van der Waals surface area (Å²) >= 11 is 6.32. The van der Waals surface area contributed by atoms with E-state index in [4.69, 9.17) is 16.3 Å². The van der Waals surface area contributed by atoms with Gasteiger partial charge in [0.05, 0.1) is 11.4 Å². The maximum Gasteiger partial charge on any atom is 0.228 e. The van der Waals surface area contributed by atoms with Gasteiger partial charge >= 0.3 is 0 Å². The van der Waals surface area contributed by atoms with Gasteiger partial charge in [0.2, 0.25) is 5.91 Å². The number of carbonyl (C=O) groups is 2. The normalized spacial score (nSPS) is 12.4. The van der Waals surface area contributed by atoms with Crippen molar-refractivity contribution < 1.29 is 14.3 Å². The molecule has 1 aliphatic heterocycles. The number of ketones is 1. The summed E-state index contributed by atoms with van der Waals surface area (Å²) in [5.41, 5.74) is 4.15. The molecule has 1 aliphatic rings. The summed E-state index contributed by atoms with van der Waals surface area (Å²) < 4.78 is 5.62. The smallest absolute Gasteiger partial charge is 0.228 e. The van der Waals surface area contributed by atoms with Crippen molar-refractivity contribution in [2.45, 2.75) is 6.42 Å². The SMILES string of the molecule is O=C1Cc2cc(C(=O)COc3ccc(-c4ccccc4)cc3Cl)ccc2N1. The van der Waals surface area contributed by atoms with E-state index in [2.05, 4.69) is 5.32 Å². The Balaban J connectivity index is 1.45. The second-order valence-corrected chi connectivity index (χ2v) is 6.73. The van der Waals surface area contributed by atoms with Crippen LogP contribution in [-0.4, -0.2) is 18.3 Å². The first kappa shape index (κ1) is 17.3. The average Bonchev–Trinajstić information content (AvgIpc) is 3.06. The molecule has 0 spiro atoms. The molecule has 4 rings (SSSR count). The van der Waals surface area contributed by atoms with Gasteiger partial charge in [0.25, 0.3) is 0 Å². The van der Waals surface area contributed by atoms with Gasteiger partial charge in [-0.1, -0.05) is 48.0 Å². The molecule has 0 aliphatic carbocycles. The maximum absolute atomic E-state index is 12.4. The van der Waals surface area contributed by atoms with Crippen molar-refractivity contribution in [1.82, 2.24) is 0 Å². The lowest BCUT2D eigenvalue weighted by Gasteiger charge is -2.10. The van der Waals surface area contributed by atoms with Gasteiger partial charge in [0.15, 0.2) is 12.4 Å². The summed E-state index contributed by atoms with van der Waals surface area (Å²) in [5.74, 6) is 0.235. The fourth-order valence-electron chi connectivity index (χ4n) is 3.06. The molecule has 0 unspecified atom stereocenters. The highest BCUT2D eigenvalue weighted by atomic mass is 35.5. The number of nitrogens with one attached hydrogen (secondary N) is 1. The van der Waals surface area contributed by atoms with Gasteiger partial charge < -0.3 is 10.1 Å². The molecule has 1 heterocycles. The second kappa shape index (κ2) is 7.25. The number of hydrogen-bond donors (Lipinski definition) is 1. The standard InChI is InChI=1S/C22H16ClNO3/c23-18-11-15(14-4-2-1-3-5-14)7-9-21(18)27-13-20(25)16-6-8-19-17(10-16)12-22(26)24-19/h1-11H,12-13H2,(H,24,26). The summed E-state index contributed by atoms with van der Waals surface area (Å²) in [5, 5.41) is 3.20. The Kier molecular flexibility index (Phi) is 4.65. The van der Waals surface area contributed by atoms with E-state index in [0.29, 0.717) is 22.8 Å². The van der Waals surface area contributed by atoms with E-state index in [1.165, 1.54) is 0 Å². The third-order valence-corrected chi connectivity index (χ3v) is 4.75. The molecule has 1 N–H and O–H groups in total. The Bertz CT molecular complexity index is 1030. The molecular weight excluding hydrogens is 362 g/mol. The first-order valence-electron chi connectivity index (χ1n) is 8.54. The van der Waals surface area contributed by atoms with Crippen molar-refractivity contribution in [1.29, 1.82) is 0 Å². The van der Waals surface area contributed by atoms with Crippen LogP contribution in [0.1, 0.15) is 15.9 Å². The number of Topliss-reactive ketones (excluding diaryl/α,β-unsaturated/α-hetero) is 1. The Labute approximate surface area is 161 Å². The van der Waals surface area contributed by atoms with Crippen LogP contribution < -0.4 is 10.1 Å². The van der Waals surface area contributed by atoms with Crippen LogP contribution in [0.2, 0.25) is 5.02 Å². The highest BCUT2D eigenvalue weighted by molar-refractivity contribution is 6.32. The summed E-state index contributed by atoms with van der Waals surface area (Å²) in [4.78, 5) is 23.8. The lowest BCUT2D eigenvalue weighted by Crippen LogP contribution is -2.12. The first-order chi connectivity index (χ1) is 13.1. The van der Waals surface area contributed by atoms with Gasteiger partial charge in [-0.2, -0.15) is 0 Å². The third kappa shape index (κ3) is 3.71. The fourth-order valence-corrected chi connectivity index (χ4v) is 3.29. The summed E-state index contributed by atoms with van der Waals surface area (Å²) in [6, 6.07) is 20.6. The molecule has 5 heteroatoms. The van der Waals surface area contributed by atoms with Crippen LogP contribution in [0.5, 0.6) is 5.75 Å². The van der Waals surface area contributed by atoms with Crippen LogP contribution in [0.15, 0.2) is 66.7 Å². The lowest BCUT2D eigenvalue weighted by atomic mass is 10.1. The molecule has 0 radical (unpaired) electrons. The van der Waals surface area contributed by atoms with Gasteiger partial charge in [0.1, 0.15) is 5.75 Å². The maximum atomic E-state index is 12.4. The van der Waals surface area contributed by atoms with Crippen molar-refractivity contribution >= 4 is 29.0 Å². The van der Waals surface area contributed by atoms with Crippen LogP contribution >= 0.6 is 11.6 Å². The van der Waals surface area contributed by atoms with Crippen molar-refractivity contribution in [2.24, 2.45) is 0 Å². The Morgan fingerprint density at radius 2 is 1.81 bits per heavy atom. The van der Waals surface area contributed by atoms with Gasteiger partial charge in [-0.25, -0.2) is 0 Å². The number of halogens is 1. The topological polar surface area (TPSA) is 55.4 Å². The van der Waals surface area contributed by atoms with Crippen LogP contribution in [0.4, 0.5) is 5.69 Å². The number of hydrogen-bond acceptors (Lipinski definition) is 3. The van der Waals surface area contributed by atoms with Gasteiger partial charge in [0, 0.05) is 11.3 Å². The number of amides is 1. The highest BCUT2D eigenvalue weighted by Gasteiger charge is 2.19. The summed E-state index contributed by atoms with van der Waals surface area (Å²) in [6.07, 6.45) is 0.296. The van der Waals surface area contributed by atoms with Crippen molar-refractivity contribution in [3.63, 3.8) is 0 Å². The largest absolute Gasteiger partial charge is 0.484 e. The van der Waals surface area contributed by atoms with Crippen molar-refractivity contribution in [3.05, 3.63) is 82.9 Å². The van der Waals surface area contributed by atoms with E-state index >= 15 is 0 Å². The van der Waals surface area contributed by atoms with Crippen LogP contribution in [-0.2, 0) is 11.2 Å². The fraction of sp³-hybridized carbons (Fsp3) is 0.0909. The monoisotopic (exact) mass is 377 g/mol. The molecule has 134 valence electrons. The van der Waals surface area contributed by atoms with Gasteiger partial charge in [-0.15, -0.1) is 0 Å². The number of rotatable bonds is 5. The quantitative estimate of drug-likeness (QED) is 0.652. The van der Waals surface area contributed by atoms with E-state index in [1.807, 2.05) is 42.5 Å². The zero-order valence-corrected chi connectivity index (χ0v) is 15.1. The van der Waals surface area contributed by atoms with Crippen LogP contribution in [0.3, 0.4) is 0 Å². The molecule has 4 nitrogen and oxygen atoms in total. The van der Waals surface area contributed by atoms with Crippen molar-refractivity contribution in [2.75, 3.05) is 11.9 Å². The van der Waals surface area contributed by atoms with Crippen molar-refractivity contribution in [3.8, 4) is 16.9 Å². The minimum atomic E-state index is -0.166. The van der Waals surface area contributed by atoms with Crippen LogP contribution in [0.25, 0.3) is 11.1 Å². The molecule has 0 saturated heterocycles. The lowest BCUT2D eigenvalue weighted by molar-refractivity contribution is -0.115. The molecule has 0 aromatic heterocycles. The molecule has 0 atom stereocenters. The molecule has 0 saturated carbocycles. The van der Waals surface area contributed by atoms with E-state index in [-0.39, 0.29) is 18.3 Å². The molecule has 27 heavy (non-hydrogen) atoms. The molecule has 0 fully saturated rings. The Morgan fingerprint density at radius 3 is 2.59 bits per heavy atom. The second-order valence-electron chi connectivity index (χ2n) is 6.32. The summed E-state index contributed by atoms with van der Waals surface area (Å²) in [6.45, 7) is -0.120. The van der Waals surface area contributed by atoms with E-state index in [0.717, 1.165) is 22.4 Å². The Morgan fingerprint density at radius 1 is 1.00 bits per heavy atom. The molecule has 3 aromatic carbocycles. The zero-order chi connectivity index (χ0) is 18.8. The number of carbonyl (C=O) groups excluding carboxylic acids is 2. The number of benzene rings is 3. The Hall–Kier alpha value is -3.11. The summed E-state index contributed by atoms with van der Waals surface area (Å²) in [7, 11) is 0. The third-order valence-electron chi connectivity index (χ3n) is 4.45. The van der Waals surface area contributed by atoms with Gasteiger partial charge in [-0.3, -0.25) is 9.59 Å². The highest BCUT2D eigenvalue weighted by Crippen LogP contribution is 2.30. The van der Waals surface area contributed by atoms with E-state index in [9.17, 15) is 9.59 Å². The minimum Gasteiger partial charge on any atom is -0.484 e. The van der Waals surface area contributed by atoms with Gasteiger partial charge in [-0.05, 0) is 47.0 Å². The average molecular weight is 378 g/mol. The number of ether oxygens (including phenoxy) is 1. The minimum absolute atomic E-state index is 0.0591. The predicted molar refractivity (Wildman–Crippen MR) is 105 cm³/mol. The molecular formula is C22H16ClNO3. The molecule has 1 amide bonds. The first-order valence-corrected chi connectivity index (χ1v) is 8.92. The van der Waals surface area contributed by atoms with E-state index in [1.54, 1.807) is 24.3 Å². The number of fused-ring (bicyclic) bond motifs is 1. The van der Waals surface area contributed by atoms with Crippen LogP contribution in [0, 0.1) is 0 Å². The molecule has 0 bridgehead atoms. The predicted octanol–water partition coefficient (Wildman–Crippen LogP) is 4.76.